The van der Waals surface area contributed by atoms with Gasteiger partial charge in [0.25, 0.3) is 0 Å². The largest absolute Gasteiger partial charge is 0.294 e. The van der Waals surface area contributed by atoms with Crippen LogP contribution in [0.4, 0.5) is 0 Å². The normalized spacial score (nSPS) is 15.2. The number of nitrogens with zero attached hydrogens (tertiary/aromatic N) is 2. The average molecular weight is 518 g/mol. The molecule has 2 heterocycles. The number of hydrogen-bond acceptors (Lipinski definition) is 3. The van der Waals surface area contributed by atoms with Crippen molar-refractivity contribution in [3.8, 4) is 39.1 Å². The standard InChI is InChI=1S/C33H24N2O2S/c1-2-32-34-28-9-6-10-30-33(28)35(32)29-20-19-27(21-31(29)38(30,36)37)26-17-15-25(16-18-26)24-13-11-23(12-14-24)22-7-4-3-5-8-22/h3-21H,2H2,1H3/i3D,4D,5D,7D,8D. The van der Waals surface area contributed by atoms with Crippen molar-refractivity contribution in [1.82, 2.24) is 9.55 Å². The van der Waals surface area contributed by atoms with Crippen LogP contribution in [0, 0.1) is 0 Å². The van der Waals surface area contributed by atoms with Crippen LogP contribution in [0.1, 0.15) is 19.6 Å². The van der Waals surface area contributed by atoms with Crippen molar-refractivity contribution in [2.24, 2.45) is 0 Å². The zero-order valence-corrected chi connectivity index (χ0v) is 21.2. The Labute approximate surface area is 228 Å². The molecule has 5 aromatic carbocycles. The van der Waals surface area contributed by atoms with Gasteiger partial charge in [0.05, 0.1) is 33.4 Å². The van der Waals surface area contributed by atoms with E-state index < -0.39 is 15.9 Å². The third-order valence-corrected chi connectivity index (χ3v) is 8.84. The summed E-state index contributed by atoms with van der Waals surface area (Å²) in [6, 6.07) is 24.1. The number of fused-ring (bicyclic) bond motifs is 2. The maximum atomic E-state index is 13.7. The molecular weight excluding hydrogens is 488 g/mol. The summed E-state index contributed by atoms with van der Waals surface area (Å²) >= 11 is 0. The van der Waals surface area contributed by atoms with E-state index in [1.165, 1.54) is 0 Å². The zero-order chi connectivity index (χ0) is 30.2. The zero-order valence-electron chi connectivity index (χ0n) is 25.4. The summed E-state index contributed by atoms with van der Waals surface area (Å²) < 4.78 is 69.6. The molecule has 0 atom stereocenters. The number of imidazole rings is 1. The highest BCUT2D eigenvalue weighted by Gasteiger charge is 2.33. The second-order valence-electron chi connectivity index (χ2n) is 9.18. The molecule has 0 saturated carbocycles. The predicted molar refractivity (Wildman–Crippen MR) is 152 cm³/mol. The Bertz CT molecular complexity index is 2200. The van der Waals surface area contributed by atoms with Crippen LogP contribution in [-0.2, 0) is 16.3 Å². The summed E-state index contributed by atoms with van der Waals surface area (Å²) in [5.41, 5.74) is 6.06. The third-order valence-electron chi connectivity index (χ3n) is 7.03. The highest BCUT2D eigenvalue weighted by Crippen LogP contribution is 2.41. The van der Waals surface area contributed by atoms with Crippen LogP contribution in [0.2, 0.25) is 0 Å². The predicted octanol–water partition coefficient (Wildman–Crippen LogP) is 7.74. The fraction of sp³-hybridized carbons (Fsp3) is 0.0606. The monoisotopic (exact) mass is 517 g/mol. The van der Waals surface area contributed by atoms with Crippen LogP contribution in [0.5, 0.6) is 0 Å². The molecule has 4 nitrogen and oxygen atoms in total. The molecule has 1 aromatic heterocycles. The van der Waals surface area contributed by atoms with Crippen molar-refractivity contribution in [2.45, 2.75) is 23.1 Å². The minimum absolute atomic E-state index is 0.167. The van der Waals surface area contributed by atoms with Crippen LogP contribution >= 0.6 is 0 Å². The van der Waals surface area contributed by atoms with Crippen molar-refractivity contribution < 1.29 is 15.3 Å². The molecule has 38 heavy (non-hydrogen) atoms. The first-order valence-corrected chi connectivity index (χ1v) is 13.8. The van der Waals surface area contributed by atoms with Gasteiger partial charge in [-0.2, -0.15) is 0 Å². The first kappa shape index (κ1) is 17.9. The lowest BCUT2D eigenvalue weighted by Gasteiger charge is -2.21. The highest BCUT2D eigenvalue weighted by atomic mass is 32.2. The van der Waals surface area contributed by atoms with Gasteiger partial charge < -0.3 is 0 Å². The van der Waals surface area contributed by atoms with Crippen molar-refractivity contribution in [3.63, 3.8) is 0 Å². The van der Waals surface area contributed by atoms with Crippen LogP contribution in [0.25, 0.3) is 50.1 Å². The van der Waals surface area contributed by atoms with Gasteiger partial charge in [-0.15, -0.1) is 0 Å². The molecule has 184 valence electrons. The Hall–Kier alpha value is -4.48. The first-order chi connectivity index (χ1) is 20.6. The van der Waals surface area contributed by atoms with Crippen LogP contribution in [-0.4, -0.2) is 18.0 Å². The summed E-state index contributed by atoms with van der Waals surface area (Å²) in [5.74, 6) is 0.813. The quantitative estimate of drug-likeness (QED) is 0.240. The van der Waals surface area contributed by atoms with Gasteiger partial charge in [-0.25, -0.2) is 13.4 Å². The molecule has 0 spiro atoms. The molecule has 6 aromatic rings. The second-order valence-corrected chi connectivity index (χ2v) is 11.1. The first-order valence-electron chi connectivity index (χ1n) is 14.8. The molecule has 0 N–H and O–H groups in total. The van der Waals surface area contributed by atoms with Crippen molar-refractivity contribution in [1.29, 1.82) is 0 Å². The van der Waals surface area contributed by atoms with E-state index in [0.29, 0.717) is 28.7 Å². The fourth-order valence-electron chi connectivity index (χ4n) is 5.15. The maximum Gasteiger partial charge on any atom is 0.210 e. The third kappa shape index (κ3) is 3.43. The molecule has 1 aliphatic heterocycles. The van der Waals surface area contributed by atoms with Gasteiger partial charge in [0.2, 0.25) is 9.84 Å². The molecule has 0 saturated heterocycles. The van der Waals surface area contributed by atoms with Crippen LogP contribution < -0.4 is 0 Å². The van der Waals surface area contributed by atoms with Gasteiger partial charge in [0.15, 0.2) is 0 Å². The van der Waals surface area contributed by atoms with E-state index in [1.807, 2.05) is 66.1 Å². The lowest BCUT2D eigenvalue weighted by atomic mass is 9.98. The topological polar surface area (TPSA) is 52.0 Å². The lowest BCUT2D eigenvalue weighted by Crippen LogP contribution is -2.16. The Morgan fingerprint density at radius 3 is 1.92 bits per heavy atom. The number of sulfone groups is 1. The number of aryl methyl sites for hydroxylation is 1. The van der Waals surface area contributed by atoms with E-state index >= 15 is 0 Å². The van der Waals surface area contributed by atoms with E-state index in [-0.39, 0.29) is 39.5 Å². The smallest absolute Gasteiger partial charge is 0.210 e. The summed E-state index contributed by atoms with van der Waals surface area (Å²) in [4.78, 5) is 5.21. The van der Waals surface area contributed by atoms with Gasteiger partial charge >= 0.3 is 0 Å². The van der Waals surface area contributed by atoms with Gasteiger partial charge in [-0.05, 0) is 57.6 Å². The number of benzene rings is 5. The SMILES string of the molecule is [2H]c1c([2H])c([2H])c(-c2ccc(-c3ccc(-c4ccc5c(c4)S(=O)(=O)c4cccc6nc(CC)n-5c46)cc3)cc2)c([2H])c1[2H]. The van der Waals surface area contributed by atoms with Gasteiger partial charge in [0.1, 0.15) is 5.82 Å². The molecule has 1 aliphatic rings. The number of rotatable bonds is 4. The van der Waals surface area contributed by atoms with E-state index in [0.717, 1.165) is 28.1 Å². The van der Waals surface area contributed by atoms with Crippen molar-refractivity contribution >= 4 is 20.9 Å². The van der Waals surface area contributed by atoms with E-state index in [4.69, 9.17) is 6.85 Å². The van der Waals surface area contributed by atoms with Crippen molar-refractivity contribution in [3.05, 3.63) is 121 Å². The fourth-order valence-corrected chi connectivity index (χ4v) is 6.81. The lowest BCUT2D eigenvalue weighted by molar-refractivity contribution is 0.594. The highest BCUT2D eigenvalue weighted by molar-refractivity contribution is 7.92. The van der Waals surface area contributed by atoms with Gasteiger partial charge in [-0.3, -0.25) is 4.57 Å². The molecule has 0 amide bonds. The number of aromatic nitrogens is 2. The van der Waals surface area contributed by atoms with E-state index in [1.54, 1.807) is 30.3 Å². The summed E-state index contributed by atoms with van der Waals surface area (Å²) in [6.07, 6.45) is 0.667. The Kier molecular flexibility index (Phi) is 4.02. The summed E-state index contributed by atoms with van der Waals surface area (Å²) in [7, 11) is -3.75. The Morgan fingerprint density at radius 1 is 0.711 bits per heavy atom. The molecule has 7 rings (SSSR count). The van der Waals surface area contributed by atoms with E-state index in [2.05, 4.69) is 4.98 Å². The molecule has 0 aliphatic carbocycles. The number of hydrogen-bond donors (Lipinski definition) is 0. The second kappa shape index (κ2) is 8.54. The molecule has 0 fully saturated rings. The molecule has 0 radical (unpaired) electrons. The molecule has 0 unspecified atom stereocenters. The van der Waals surface area contributed by atoms with Crippen molar-refractivity contribution in [2.75, 3.05) is 0 Å². The van der Waals surface area contributed by atoms with Gasteiger partial charge in [-0.1, -0.05) is 97.8 Å². The maximum absolute atomic E-state index is 13.7. The minimum Gasteiger partial charge on any atom is -0.294 e. The molecule has 5 heteroatoms. The molecular formula is C33H24N2O2S. The summed E-state index contributed by atoms with van der Waals surface area (Å²) in [5, 5.41) is 0. The average Bonchev–Trinajstić information content (AvgIpc) is 3.41. The molecule has 0 bridgehead atoms. The Balaban J connectivity index is 1.24. The van der Waals surface area contributed by atoms with E-state index in [9.17, 15) is 8.42 Å². The summed E-state index contributed by atoms with van der Waals surface area (Å²) in [6.45, 7) is 2.01. The Morgan fingerprint density at radius 2 is 1.29 bits per heavy atom. The van der Waals surface area contributed by atoms with Crippen LogP contribution in [0.3, 0.4) is 0 Å². The number of para-hydroxylation sites is 1. The minimum atomic E-state index is -3.75. The van der Waals surface area contributed by atoms with Gasteiger partial charge in [0, 0.05) is 6.42 Å². The van der Waals surface area contributed by atoms with Crippen LogP contribution in [0.15, 0.2) is 125 Å².